The van der Waals surface area contributed by atoms with E-state index in [1.165, 1.54) is 12.1 Å². The van der Waals surface area contributed by atoms with Crippen molar-refractivity contribution in [2.45, 2.75) is 37.5 Å². The summed E-state index contributed by atoms with van der Waals surface area (Å²) in [4.78, 5) is 6.29. The van der Waals surface area contributed by atoms with Gasteiger partial charge in [0.15, 0.2) is 0 Å². The van der Waals surface area contributed by atoms with Gasteiger partial charge < -0.3 is 0 Å². The Bertz CT molecular complexity index is 549. The fourth-order valence-corrected chi connectivity index (χ4v) is 2.72. The summed E-state index contributed by atoms with van der Waals surface area (Å²) in [5.74, 6) is 0. The maximum Gasteiger partial charge on any atom is 0.416 e. The second kappa shape index (κ2) is 6.49. The Morgan fingerprint density at radius 2 is 1.82 bits per heavy atom. The molecule has 0 radical (unpaired) electrons. The molecule has 6 heteroatoms. The number of rotatable bonds is 4. The molecule has 0 atom stereocenters. The molecule has 118 valence electrons. The summed E-state index contributed by atoms with van der Waals surface area (Å²) in [7, 11) is 0. The van der Waals surface area contributed by atoms with Crippen molar-refractivity contribution in [3.63, 3.8) is 0 Å². The molecule has 0 spiro atoms. The fraction of sp³-hybridized carbons (Fsp3) is 0.500. The van der Waals surface area contributed by atoms with Gasteiger partial charge in [0.2, 0.25) is 0 Å². The number of hydrogen-bond donors (Lipinski definition) is 0. The van der Waals surface area contributed by atoms with Gasteiger partial charge in [0.25, 0.3) is 0 Å². The van der Waals surface area contributed by atoms with Crippen molar-refractivity contribution in [2.75, 3.05) is 13.1 Å². The minimum Gasteiger partial charge on any atom is -0.299 e. The molecule has 2 rings (SSSR count). The van der Waals surface area contributed by atoms with Crippen molar-refractivity contribution in [3.05, 3.63) is 35.4 Å². The van der Waals surface area contributed by atoms with E-state index in [1.54, 1.807) is 0 Å². The molecule has 1 fully saturated rings. The molecule has 1 aromatic carbocycles. The van der Waals surface area contributed by atoms with Crippen molar-refractivity contribution in [3.8, 4) is 6.07 Å². The van der Waals surface area contributed by atoms with Crippen molar-refractivity contribution in [1.29, 1.82) is 5.26 Å². The maximum atomic E-state index is 12.5. The summed E-state index contributed by atoms with van der Waals surface area (Å²) in [5.41, 5.74) is -0.128. The van der Waals surface area contributed by atoms with Crippen LogP contribution in [0.25, 0.3) is 0 Å². The fourth-order valence-electron chi connectivity index (χ4n) is 2.72. The average molecular weight is 309 g/mol. The number of alkyl halides is 3. The van der Waals surface area contributed by atoms with Gasteiger partial charge in [-0.25, -0.2) is 0 Å². The first kappa shape index (κ1) is 16.5. The number of nitrogens with zero attached hydrogens (tertiary/aromatic N) is 3. The van der Waals surface area contributed by atoms with E-state index < -0.39 is 11.7 Å². The molecule has 0 aromatic heterocycles. The lowest BCUT2D eigenvalue weighted by molar-refractivity contribution is -0.137. The van der Waals surface area contributed by atoms with Crippen LogP contribution in [-0.2, 0) is 12.7 Å². The first-order chi connectivity index (χ1) is 10.4. The number of halogens is 3. The topological polar surface area (TPSA) is 39.4 Å². The number of benzene rings is 1. The molecule has 1 aliphatic heterocycles. The van der Waals surface area contributed by atoms with Crippen molar-refractivity contribution < 1.29 is 13.2 Å². The first-order valence-corrected chi connectivity index (χ1v) is 7.12. The summed E-state index contributed by atoms with van der Waals surface area (Å²) in [6.45, 7) is 5.73. The van der Waals surface area contributed by atoms with Crippen LogP contribution in [-0.4, -0.2) is 30.2 Å². The van der Waals surface area contributed by atoms with E-state index in [0.29, 0.717) is 13.0 Å². The average Bonchev–Trinajstić information content (AvgIpc) is 2.49. The van der Waals surface area contributed by atoms with E-state index in [0.717, 1.165) is 43.6 Å². The molecule has 1 aromatic rings. The zero-order valence-corrected chi connectivity index (χ0v) is 12.2. The molecule has 1 saturated heterocycles. The molecule has 3 nitrogen and oxygen atoms in total. The van der Waals surface area contributed by atoms with Crippen LogP contribution in [0.15, 0.2) is 29.3 Å². The summed E-state index contributed by atoms with van der Waals surface area (Å²) >= 11 is 0. The maximum absolute atomic E-state index is 12.5. The molecule has 22 heavy (non-hydrogen) atoms. The SMILES string of the molecule is C=NC1(CC#N)CCN(Cc2ccc(C(F)(F)F)cc2)CC1. The Balaban J connectivity index is 1.94. The van der Waals surface area contributed by atoms with E-state index in [-0.39, 0.29) is 5.54 Å². The van der Waals surface area contributed by atoms with Gasteiger partial charge in [0.1, 0.15) is 0 Å². The third-order valence-corrected chi connectivity index (χ3v) is 4.22. The van der Waals surface area contributed by atoms with E-state index in [2.05, 4.69) is 22.7 Å². The van der Waals surface area contributed by atoms with Gasteiger partial charge in [-0.3, -0.25) is 9.89 Å². The smallest absolute Gasteiger partial charge is 0.299 e. The second-order valence-electron chi connectivity index (χ2n) is 5.69. The van der Waals surface area contributed by atoms with Crippen LogP contribution in [0.4, 0.5) is 13.2 Å². The number of likely N-dealkylation sites (tertiary alicyclic amines) is 1. The Hall–Kier alpha value is -1.87. The Kier molecular flexibility index (Phi) is 4.87. The largest absolute Gasteiger partial charge is 0.416 e. The van der Waals surface area contributed by atoms with Crippen LogP contribution in [0.3, 0.4) is 0 Å². The molecule has 0 aliphatic carbocycles. The predicted octanol–water partition coefficient (Wildman–Crippen LogP) is 3.65. The van der Waals surface area contributed by atoms with Gasteiger partial charge in [-0.05, 0) is 37.3 Å². The lowest BCUT2D eigenvalue weighted by Gasteiger charge is -2.37. The van der Waals surface area contributed by atoms with E-state index in [4.69, 9.17) is 5.26 Å². The molecule has 0 bridgehead atoms. The van der Waals surface area contributed by atoms with Crippen LogP contribution in [0, 0.1) is 11.3 Å². The highest BCUT2D eigenvalue weighted by Crippen LogP contribution is 2.31. The highest BCUT2D eigenvalue weighted by atomic mass is 19.4. The number of aliphatic imine (C=N–C) groups is 1. The molecular weight excluding hydrogens is 291 g/mol. The first-order valence-electron chi connectivity index (χ1n) is 7.12. The zero-order valence-electron chi connectivity index (χ0n) is 12.2. The number of piperidine rings is 1. The molecule has 0 amide bonds. The van der Waals surface area contributed by atoms with Crippen LogP contribution in [0.2, 0.25) is 0 Å². The lowest BCUT2D eigenvalue weighted by Crippen LogP contribution is -2.42. The Labute approximate surface area is 128 Å². The Morgan fingerprint density at radius 1 is 1.23 bits per heavy atom. The summed E-state index contributed by atoms with van der Waals surface area (Å²) < 4.78 is 37.6. The van der Waals surface area contributed by atoms with Gasteiger partial charge in [-0.15, -0.1) is 0 Å². The summed E-state index contributed by atoms with van der Waals surface area (Å²) in [5, 5.41) is 8.86. The minimum atomic E-state index is -4.30. The zero-order chi connectivity index (χ0) is 16.2. The van der Waals surface area contributed by atoms with Crippen LogP contribution in [0.5, 0.6) is 0 Å². The second-order valence-corrected chi connectivity index (χ2v) is 5.69. The van der Waals surface area contributed by atoms with E-state index >= 15 is 0 Å². The van der Waals surface area contributed by atoms with Gasteiger partial charge in [0.05, 0.1) is 23.6 Å². The normalized spacial score (nSPS) is 18.6. The van der Waals surface area contributed by atoms with Gasteiger partial charge in [-0.1, -0.05) is 12.1 Å². The third kappa shape index (κ3) is 3.86. The van der Waals surface area contributed by atoms with Crippen LogP contribution in [0.1, 0.15) is 30.4 Å². The molecule has 1 aliphatic rings. The van der Waals surface area contributed by atoms with Gasteiger partial charge >= 0.3 is 6.18 Å². The quantitative estimate of drug-likeness (QED) is 0.796. The minimum absolute atomic E-state index is 0.356. The summed E-state index contributed by atoms with van der Waals surface area (Å²) in [6.07, 6.45) is -2.42. The van der Waals surface area contributed by atoms with Crippen molar-refractivity contribution in [2.24, 2.45) is 4.99 Å². The predicted molar refractivity (Wildman–Crippen MR) is 78.5 cm³/mol. The molecule has 0 saturated carbocycles. The number of hydrogen-bond acceptors (Lipinski definition) is 3. The standard InChI is InChI=1S/C16H18F3N3/c1-21-15(6-9-20)7-10-22(11-8-15)12-13-2-4-14(5-3-13)16(17,18)19/h2-5H,1,6-8,10-12H2. The van der Waals surface area contributed by atoms with Crippen LogP contribution >= 0.6 is 0 Å². The van der Waals surface area contributed by atoms with E-state index in [9.17, 15) is 13.2 Å². The molecule has 1 heterocycles. The highest BCUT2D eigenvalue weighted by molar-refractivity contribution is 5.27. The molecule has 0 N–H and O–H groups in total. The monoisotopic (exact) mass is 309 g/mol. The van der Waals surface area contributed by atoms with E-state index in [1.807, 2.05) is 0 Å². The lowest BCUT2D eigenvalue weighted by atomic mass is 9.85. The van der Waals surface area contributed by atoms with Crippen LogP contribution < -0.4 is 0 Å². The van der Waals surface area contributed by atoms with Crippen molar-refractivity contribution in [1.82, 2.24) is 4.90 Å². The van der Waals surface area contributed by atoms with Gasteiger partial charge in [-0.2, -0.15) is 18.4 Å². The number of nitriles is 1. The van der Waals surface area contributed by atoms with Crippen molar-refractivity contribution >= 4 is 6.72 Å². The summed E-state index contributed by atoms with van der Waals surface area (Å²) in [6, 6.07) is 7.43. The Morgan fingerprint density at radius 3 is 2.27 bits per heavy atom. The molecular formula is C16H18F3N3. The highest BCUT2D eigenvalue weighted by Gasteiger charge is 2.33. The van der Waals surface area contributed by atoms with Gasteiger partial charge in [0, 0.05) is 19.6 Å². The molecule has 0 unspecified atom stereocenters. The third-order valence-electron chi connectivity index (χ3n) is 4.22.